The molecule has 0 radical (unpaired) electrons. The summed E-state index contributed by atoms with van der Waals surface area (Å²) in [6, 6.07) is 9.60. The summed E-state index contributed by atoms with van der Waals surface area (Å²) in [5.41, 5.74) is 0.884. The molecule has 8 heteroatoms. The first-order valence-electron chi connectivity index (χ1n) is 9.65. The molecule has 162 valence electrons. The number of hydrogen-bond donors (Lipinski definition) is 2. The Morgan fingerprint density at radius 1 is 0.933 bits per heavy atom. The van der Waals surface area contributed by atoms with Crippen molar-refractivity contribution in [3.8, 4) is 23.7 Å². The van der Waals surface area contributed by atoms with Crippen LogP contribution in [0, 0.1) is 23.7 Å². The van der Waals surface area contributed by atoms with Crippen LogP contribution in [0.15, 0.2) is 30.3 Å². The predicted octanol–water partition coefficient (Wildman–Crippen LogP) is 0.234. The van der Waals surface area contributed by atoms with Crippen LogP contribution in [0.4, 0.5) is 0 Å². The van der Waals surface area contributed by atoms with Gasteiger partial charge in [-0.15, -0.1) is 0 Å². The monoisotopic (exact) mass is 418 g/mol. The lowest BCUT2D eigenvalue weighted by atomic mass is 9.97. The van der Waals surface area contributed by atoms with Crippen LogP contribution >= 0.6 is 0 Å². The first-order chi connectivity index (χ1) is 14.8. The zero-order valence-electron chi connectivity index (χ0n) is 16.7. The topological polar surface area (TPSA) is 95.8 Å². The lowest BCUT2D eigenvalue weighted by Crippen LogP contribution is -2.63. The fourth-order valence-corrected chi connectivity index (χ4v) is 3.37. The van der Waals surface area contributed by atoms with Gasteiger partial charge in [0, 0.05) is 12.7 Å². The Balaban J connectivity index is 1.79. The van der Waals surface area contributed by atoms with Crippen molar-refractivity contribution in [3.63, 3.8) is 0 Å². The molecule has 8 nitrogen and oxygen atoms in total. The van der Waals surface area contributed by atoms with Crippen LogP contribution in [0.1, 0.15) is 11.9 Å². The Morgan fingerprint density at radius 3 is 2.23 bits per heavy atom. The molecule has 2 aliphatic heterocycles. The molecule has 3 rings (SSSR count). The number of fused-ring (bicyclic) bond motifs is 1. The van der Waals surface area contributed by atoms with Gasteiger partial charge in [-0.1, -0.05) is 54.0 Å². The van der Waals surface area contributed by atoms with Crippen molar-refractivity contribution >= 4 is 0 Å². The molecule has 1 aromatic carbocycles. The maximum atomic E-state index is 8.88. The number of ether oxygens (including phenoxy) is 6. The molecule has 2 aliphatic rings. The summed E-state index contributed by atoms with van der Waals surface area (Å²) in [5, 5.41) is 17.7. The van der Waals surface area contributed by atoms with E-state index >= 15 is 0 Å². The largest absolute Gasteiger partial charge is 0.384 e. The number of aliphatic hydroxyl groups is 2. The molecule has 2 saturated heterocycles. The minimum Gasteiger partial charge on any atom is -0.384 e. The van der Waals surface area contributed by atoms with Crippen molar-refractivity contribution < 1.29 is 38.6 Å². The molecule has 0 saturated carbocycles. The fourth-order valence-electron chi connectivity index (χ4n) is 3.37. The number of rotatable bonds is 6. The van der Waals surface area contributed by atoms with Crippen LogP contribution in [-0.2, 0) is 28.4 Å². The quantitative estimate of drug-likeness (QED) is 0.634. The van der Waals surface area contributed by atoms with E-state index in [4.69, 9.17) is 38.6 Å². The normalized spacial score (nSPS) is 30.4. The van der Waals surface area contributed by atoms with Crippen LogP contribution in [0.25, 0.3) is 0 Å². The summed E-state index contributed by atoms with van der Waals surface area (Å²) in [6.07, 6.45) is -3.43. The lowest BCUT2D eigenvalue weighted by molar-refractivity contribution is -0.365. The van der Waals surface area contributed by atoms with Crippen LogP contribution in [0.5, 0.6) is 0 Å². The molecule has 0 bridgehead atoms. The Kier molecular flexibility index (Phi) is 9.09. The van der Waals surface area contributed by atoms with Crippen molar-refractivity contribution in [1.82, 2.24) is 0 Å². The van der Waals surface area contributed by atoms with Crippen LogP contribution in [0.3, 0.4) is 0 Å². The zero-order valence-corrected chi connectivity index (χ0v) is 16.7. The van der Waals surface area contributed by atoms with E-state index in [1.807, 2.05) is 30.3 Å². The Labute approximate surface area is 176 Å². The van der Waals surface area contributed by atoms with E-state index in [0.717, 1.165) is 5.56 Å². The van der Waals surface area contributed by atoms with E-state index in [2.05, 4.69) is 23.7 Å². The number of benzene rings is 1. The highest BCUT2D eigenvalue weighted by atomic mass is 16.8. The second-order valence-electron chi connectivity index (χ2n) is 6.53. The average Bonchev–Trinajstić information content (AvgIpc) is 2.80. The molecule has 0 spiro atoms. The van der Waals surface area contributed by atoms with Gasteiger partial charge in [0.2, 0.25) is 0 Å². The summed E-state index contributed by atoms with van der Waals surface area (Å²) in [5.74, 6) is 10.6. The van der Waals surface area contributed by atoms with Gasteiger partial charge in [0.1, 0.15) is 50.8 Å². The summed E-state index contributed by atoms with van der Waals surface area (Å²) in [7, 11) is 1.51. The Morgan fingerprint density at radius 2 is 1.60 bits per heavy atom. The first kappa shape index (κ1) is 22.7. The summed E-state index contributed by atoms with van der Waals surface area (Å²) >= 11 is 0. The third-order valence-electron chi connectivity index (χ3n) is 4.69. The van der Waals surface area contributed by atoms with Crippen LogP contribution in [-0.4, -0.2) is 81.1 Å². The average molecular weight is 418 g/mol. The van der Waals surface area contributed by atoms with Crippen molar-refractivity contribution in [2.75, 3.05) is 40.1 Å². The zero-order chi connectivity index (χ0) is 21.2. The molecular formula is C22H26O8. The first-order valence-corrected chi connectivity index (χ1v) is 9.65. The van der Waals surface area contributed by atoms with Gasteiger partial charge in [0.05, 0.1) is 6.61 Å². The summed E-state index contributed by atoms with van der Waals surface area (Å²) < 4.78 is 35.4. The molecule has 0 aliphatic carbocycles. The molecule has 30 heavy (non-hydrogen) atoms. The smallest absolute Gasteiger partial charge is 0.186 e. The van der Waals surface area contributed by atoms with E-state index < -0.39 is 37.0 Å². The van der Waals surface area contributed by atoms with Gasteiger partial charge in [-0.3, -0.25) is 0 Å². The van der Waals surface area contributed by atoms with Gasteiger partial charge in [-0.25, -0.2) is 0 Å². The molecule has 6 atom stereocenters. The highest BCUT2D eigenvalue weighted by molar-refractivity contribution is 5.16. The van der Waals surface area contributed by atoms with Crippen LogP contribution in [0.2, 0.25) is 0 Å². The maximum absolute atomic E-state index is 8.88. The highest BCUT2D eigenvalue weighted by Crippen LogP contribution is 2.36. The Hall–Kier alpha value is -1.98. The molecular weight excluding hydrogens is 392 g/mol. The van der Waals surface area contributed by atoms with Crippen molar-refractivity contribution in [1.29, 1.82) is 0 Å². The third kappa shape index (κ3) is 5.79. The third-order valence-corrected chi connectivity index (χ3v) is 4.69. The summed E-state index contributed by atoms with van der Waals surface area (Å²) in [6.45, 7) is -0.0665. The van der Waals surface area contributed by atoms with E-state index in [0.29, 0.717) is 6.61 Å². The molecule has 0 aromatic heterocycles. The fraction of sp³-hybridized carbons (Fsp3) is 0.545. The van der Waals surface area contributed by atoms with E-state index in [1.165, 1.54) is 7.11 Å². The molecule has 2 heterocycles. The van der Waals surface area contributed by atoms with Crippen LogP contribution < -0.4 is 0 Å². The lowest BCUT2D eigenvalue weighted by Gasteiger charge is -2.48. The number of aliphatic hydroxyl groups excluding tert-OH is 2. The highest BCUT2D eigenvalue weighted by Gasteiger charge is 2.51. The van der Waals surface area contributed by atoms with Gasteiger partial charge in [0.25, 0.3) is 0 Å². The molecule has 2 N–H and O–H groups in total. The van der Waals surface area contributed by atoms with Gasteiger partial charge < -0.3 is 38.6 Å². The standard InChI is InChI=1S/C22H26O8/c1-25-22-20(27-14-8-6-12-24)19(26-13-7-5-11-23)18-17(29-22)15-28-21(30-18)16-9-3-2-4-10-16/h2-4,9-10,17-24H,11-15H2,1H3/t17-,18-,19+,20-,21?,22+/m1/s1. The van der Waals surface area contributed by atoms with Gasteiger partial charge in [-0.2, -0.15) is 0 Å². The van der Waals surface area contributed by atoms with Gasteiger partial charge in [0.15, 0.2) is 12.6 Å². The predicted molar refractivity (Wildman–Crippen MR) is 105 cm³/mol. The SMILES string of the molecule is CO[C@H]1O[C@@H]2COC(c3ccccc3)O[C@H]2[C@H](OCC#CCO)[C@H]1OCC#CCO. The second-order valence-corrected chi connectivity index (χ2v) is 6.53. The number of hydrogen-bond acceptors (Lipinski definition) is 8. The maximum Gasteiger partial charge on any atom is 0.186 e. The second kappa shape index (κ2) is 12.0. The Bertz CT molecular complexity index is 762. The van der Waals surface area contributed by atoms with E-state index in [-0.39, 0.29) is 26.4 Å². The van der Waals surface area contributed by atoms with Crippen molar-refractivity contribution in [2.24, 2.45) is 0 Å². The summed E-state index contributed by atoms with van der Waals surface area (Å²) in [4.78, 5) is 0. The van der Waals surface area contributed by atoms with E-state index in [1.54, 1.807) is 0 Å². The molecule has 1 aromatic rings. The number of methoxy groups -OCH3 is 1. The minimum absolute atomic E-state index is 0.0621. The van der Waals surface area contributed by atoms with Crippen molar-refractivity contribution in [2.45, 2.75) is 37.0 Å². The molecule has 2 fully saturated rings. The minimum atomic E-state index is -0.724. The van der Waals surface area contributed by atoms with Gasteiger partial charge >= 0.3 is 0 Å². The van der Waals surface area contributed by atoms with Crippen molar-refractivity contribution in [3.05, 3.63) is 35.9 Å². The molecule has 1 unspecified atom stereocenters. The van der Waals surface area contributed by atoms with E-state index in [9.17, 15) is 0 Å². The van der Waals surface area contributed by atoms with Gasteiger partial charge in [-0.05, 0) is 0 Å². The molecule has 0 amide bonds.